The van der Waals surface area contributed by atoms with Gasteiger partial charge in [0, 0.05) is 4.88 Å². The first-order valence-electron chi connectivity index (χ1n) is 13.3. The Balaban J connectivity index is 1.21. The van der Waals surface area contributed by atoms with Crippen LogP contribution in [0.4, 0.5) is 5.00 Å². The van der Waals surface area contributed by atoms with Crippen LogP contribution in [0.3, 0.4) is 0 Å². The number of nitrogens with one attached hydrogen (secondary N) is 2. The van der Waals surface area contributed by atoms with Crippen molar-refractivity contribution in [2.24, 2.45) is 11.3 Å². The number of fused-ring (bicyclic) bond motifs is 4. The molecule has 3 heterocycles. The molecule has 8 nitrogen and oxygen atoms in total. The van der Waals surface area contributed by atoms with E-state index in [1.165, 1.54) is 17.6 Å². The van der Waals surface area contributed by atoms with E-state index < -0.39 is 12.1 Å². The van der Waals surface area contributed by atoms with Crippen LogP contribution in [0.5, 0.6) is 23.0 Å². The second-order valence-electron chi connectivity index (χ2n) is 10.9. The standard InChI is InChI=1S/C30H32N2O6S/c1-5-30(2,3)18-8-9-19-24(14-18)39-28-25(19)27(33)31-26(32-28)16-6-11-21(22(12-16)35-4)38-29(34)17-7-10-20-23(13-17)37-15-36-20/h6-7,10-13,18,26,32H,5,8-9,14-15H2,1-4H3,(H,31,33)/t18-,26-/m1/s1. The third-order valence-corrected chi connectivity index (χ3v) is 9.58. The van der Waals surface area contributed by atoms with Crippen LogP contribution in [0.15, 0.2) is 36.4 Å². The summed E-state index contributed by atoms with van der Waals surface area (Å²) in [6, 6.07) is 10.2. The van der Waals surface area contributed by atoms with Gasteiger partial charge < -0.3 is 29.6 Å². The number of anilines is 1. The number of methoxy groups -OCH3 is 1. The Hall–Kier alpha value is -3.72. The zero-order valence-corrected chi connectivity index (χ0v) is 23.3. The first-order chi connectivity index (χ1) is 18.8. The summed E-state index contributed by atoms with van der Waals surface area (Å²) in [5.41, 5.74) is 3.41. The van der Waals surface area contributed by atoms with Crippen molar-refractivity contribution in [2.75, 3.05) is 19.2 Å². The van der Waals surface area contributed by atoms with Crippen molar-refractivity contribution in [3.8, 4) is 23.0 Å². The van der Waals surface area contributed by atoms with Crippen LogP contribution in [0.2, 0.25) is 0 Å². The lowest BCUT2D eigenvalue weighted by molar-refractivity contribution is 0.0729. The minimum Gasteiger partial charge on any atom is -0.493 e. The number of rotatable bonds is 6. The molecule has 2 aliphatic heterocycles. The third kappa shape index (κ3) is 4.58. The van der Waals surface area contributed by atoms with E-state index in [1.807, 2.05) is 6.07 Å². The third-order valence-electron chi connectivity index (χ3n) is 8.39. The van der Waals surface area contributed by atoms with E-state index in [0.717, 1.165) is 41.8 Å². The summed E-state index contributed by atoms with van der Waals surface area (Å²) in [5.74, 6) is 1.78. The lowest BCUT2D eigenvalue weighted by atomic mass is 9.69. The first-order valence-corrected chi connectivity index (χ1v) is 14.1. The molecule has 2 N–H and O–H groups in total. The lowest BCUT2D eigenvalue weighted by Crippen LogP contribution is -2.38. The molecule has 1 aliphatic carbocycles. The van der Waals surface area contributed by atoms with Gasteiger partial charge in [0.2, 0.25) is 6.79 Å². The molecule has 0 saturated heterocycles. The Labute approximate surface area is 231 Å². The second kappa shape index (κ2) is 9.79. The maximum absolute atomic E-state index is 13.3. The van der Waals surface area contributed by atoms with Crippen molar-refractivity contribution >= 4 is 28.2 Å². The molecule has 204 valence electrons. The molecule has 3 aromatic rings. The van der Waals surface area contributed by atoms with E-state index in [9.17, 15) is 9.59 Å². The molecule has 2 atom stereocenters. The number of carbonyl (C=O) groups is 2. The average molecular weight is 549 g/mol. The van der Waals surface area contributed by atoms with Crippen molar-refractivity contribution in [2.45, 2.75) is 52.6 Å². The van der Waals surface area contributed by atoms with Gasteiger partial charge in [0.25, 0.3) is 5.91 Å². The number of ether oxygens (including phenoxy) is 4. The van der Waals surface area contributed by atoms with Gasteiger partial charge >= 0.3 is 5.97 Å². The summed E-state index contributed by atoms with van der Waals surface area (Å²) in [7, 11) is 1.52. The highest BCUT2D eigenvalue weighted by Gasteiger charge is 2.37. The molecule has 0 unspecified atom stereocenters. The van der Waals surface area contributed by atoms with Gasteiger partial charge in [0.15, 0.2) is 23.0 Å². The zero-order chi connectivity index (χ0) is 27.3. The minimum atomic E-state index is -0.540. The Bertz CT molecular complexity index is 1460. The maximum atomic E-state index is 13.3. The van der Waals surface area contributed by atoms with Crippen LogP contribution in [-0.2, 0) is 12.8 Å². The number of benzene rings is 2. The van der Waals surface area contributed by atoms with Gasteiger partial charge in [-0.2, -0.15) is 0 Å². The Morgan fingerprint density at radius 3 is 2.72 bits per heavy atom. The number of carbonyl (C=O) groups excluding carboxylic acids is 2. The number of hydrogen-bond donors (Lipinski definition) is 2. The number of amides is 1. The van der Waals surface area contributed by atoms with Crippen molar-refractivity contribution < 1.29 is 28.5 Å². The van der Waals surface area contributed by atoms with Gasteiger partial charge in [-0.15, -0.1) is 11.3 Å². The fraction of sp³-hybridized carbons (Fsp3) is 0.400. The predicted molar refractivity (Wildman–Crippen MR) is 148 cm³/mol. The molecule has 0 saturated carbocycles. The summed E-state index contributed by atoms with van der Waals surface area (Å²) in [6.45, 7) is 7.08. The summed E-state index contributed by atoms with van der Waals surface area (Å²) in [5, 5.41) is 7.55. The maximum Gasteiger partial charge on any atom is 0.343 e. The second-order valence-corrected chi connectivity index (χ2v) is 12.0. The Morgan fingerprint density at radius 1 is 1.10 bits per heavy atom. The van der Waals surface area contributed by atoms with E-state index >= 15 is 0 Å². The van der Waals surface area contributed by atoms with Crippen LogP contribution < -0.4 is 29.6 Å². The van der Waals surface area contributed by atoms with Gasteiger partial charge in [-0.25, -0.2) is 4.79 Å². The van der Waals surface area contributed by atoms with Crippen molar-refractivity contribution in [3.63, 3.8) is 0 Å². The van der Waals surface area contributed by atoms with Crippen LogP contribution in [0, 0.1) is 11.3 Å². The number of thiophene rings is 1. The van der Waals surface area contributed by atoms with Crippen LogP contribution in [0.25, 0.3) is 0 Å². The van der Waals surface area contributed by atoms with Crippen LogP contribution >= 0.6 is 11.3 Å². The van der Waals surface area contributed by atoms with E-state index in [4.69, 9.17) is 18.9 Å². The van der Waals surface area contributed by atoms with Gasteiger partial charge in [-0.3, -0.25) is 4.79 Å². The van der Waals surface area contributed by atoms with Crippen molar-refractivity contribution in [1.29, 1.82) is 0 Å². The number of hydrogen-bond acceptors (Lipinski definition) is 8. The summed E-state index contributed by atoms with van der Waals surface area (Å²) in [4.78, 5) is 27.4. The van der Waals surface area contributed by atoms with Gasteiger partial charge in [-0.1, -0.05) is 33.3 Å². The highest BCUT2D eigenvalue weighted by atomic mass is 32.1. The molecule has 0 bridgehead atoms. The SMILES string of the molecule is CCC(C)(C)[C@@H]1CCc2c(sc3c2C(=O)N[C@@H](c2ccc(OC(=O)c4ccc5c(c4)OCO5)c(OC)c2)N3)C1. The lowest BCUT2D eigenvalue weighted by Gasteiger charge is -2.36. The fourth-order valence-electron chi connectivity index (χ4n) is 5.55. The summed E-state index contributed by atoms with van der Waals surface area (Å²) >= 11 is 1.71. The van der Waals surface area contributed by atoms with Gasteiger partial charge in [0.1, 0.15) is 11.2 Å². The molecule has 6 rings (SSSR count). The Kier molecular flexibility index (Phi) is 6.41. The van der Waals surface area contributed by atoms with E-state index in [-0.39, 0.29) is 23.9 Å². The molecule has 2 aromatic carbocycles. The highest BCUT2D eigenvalue weighted by Crippen LogP contribution is 2.47. The smallest absolute Gasteiger partial charge is 0.343 e. The molecule has 0 fully saturated rings. The highest BCUT2D eigenvalue weighted by molar-refractivity contribution is 7.16. The minimum absolute atomic E-state index is 0.0586. The van der Waals surface area contributed by atoms with Gasteiger partial charge in [-0.05, 0) is 72.1 Å². The summed E-state index contributed by atoms with van der Waals surface area (Å²) < 4.78 is 21.8. The monoisotopic (exact) mass is 548 g/mol. The van der Waals surface area contributed by atoms with E-state index in [0.29, 0.717) is 28.7 Å². The quantitative estimate of drug-likeness (QED) is 0.284. The average Bonchev–Trinajstić information content (AvgIpc) is 3.56. The first kappa shape index (κ1) is 25.6. The molecule has 39 heavy (non-hydrogen) atoms. The normalized spacial score (nSPS) is 19.4. The van der Waals surface area contributed by atoms with Crippen LogP contribution in [0.1, 0.15) is 76.5 Å². The van der Waals surface area contributed by atoms with E-state index in [1.54, 1.807) is 41.7 Å². The fourth-order valence-corrected chi connectivity index (χ4v) is 6.90. The Morgan fingerprint density at radius 2 is 1.92 bits per heavy atom. The summed E-state index contributed by atoms with van der Waals surface area (Å²) in [6.07, 6.45) is 3.78. The topological polar surface area (TPSA) is 95.1 Å². The molecule has 0 radical (unpaired) electrons. The molecule has 0 spiro atoms. The van der Waals surface area contributed by atoms with Crippen molar-refractivity contribution in [1.82, 2.24) is 5.32 Å². The van der Waals surface area contributed by atoms with E-state index in [2.05, 4.69) is 31.4 Å². The van der Waals surface area contributed by atoms with Crippen molar-refractivity contribution in [3.05, 3.63) is 63.5 Å². The van der Waals surface area contributed by atoms with Crippen LogP contribution in [-0.4, -0.2) is 25.8 Å². The molecular weight excluding hydrogens is 516 g/mol. The molecule has 1 aromatic heterocycles. The molecule has 3 aliphatic rings. The number of esters is 1. The molecule has 9 heteroatoms. The largest absolute Gasteiger partial charge is 0.493 e. The zero-order valence-electron chi connectivity index (χ0n) is 22.5. The molecular formula is C30H32N2O6S. The molecule has 1 amide bonds. The predicted octanol–water partition coefficient (Wildman–Crippen LogP) is 6.10. The van der Waals surface area contributed by atoms with Gasteiger partial charge in [0.05, 0.1) is 18.2 Å².